The summed E-state index contributed by atoms with van der Waals surface area (Å²) in [5, 5.41) is 7.10. The Hall–Kier alpha value is -1.02. The van der Waals surface area contributed by atoms with Crippen LogP contribution < -0.4 is 10.6 Å². The molecule has 94 valence electrons. The Morgan fingerprint density at radius 2 is 1.76 bits per heavy atom. The zero-order chi connectivity index (χ0) is 12.1. The Morgan fingerprint density at radius 1 is 1.12 bits per heavy atom. The van der Waals surface area contributed by atoms with Gasteiger partial charge in [-0.1, -0.05) is 26.0 Å². The van der Waals surface area contributed by atoms with Gasteiger partial charge in [0.15, 0.2) is 0 Å². The van der Waals surface area contributed by atoms with E-state index in [-0.39, 0.29) is 0 Å². The predicted molar refractivity (Wildman–Crippen MR) is 74.3 cm³/mol. The Kier molecular flexibility index (Phi) is 4.43. The van der Waals surface area contributed by atoms with Gasteiger partial charge >= 0.3 is 0 Å². The quantitative estimate of drug-likeness (QED) is 0.751. The fraction of sp³-hybridized carbons (Fsp3) is 0.600. The molecule has 0 radical (unpaired) electrons. The maximum absolute atomic E-state index is 3.56. The molecule has 0 atom stereocenters. The van der Waals surface area contributed by atoms with Crippen molar-refractivity contribution >= 4 is 5.69 Å². The molecule has 0 unspecified atom stereocenters. The van der Waals surface area contributed by atoms with Gasteiger partial charge in [0.2, 0.25) is 0 Å². The van der Waals surface area contributed by atoms with Crippen molar-refractivity contribution in [1.82, 2.24) is 5.32 Å². The monoisotopic (exact) mass is 232 g/mol. The molecule has 1 aromatic rings. The first-order valence-electron chi connectivity index (χ1n) is 6.90. The van der Waals surface area contributed by atoms with E-state index < -0.39 is 0 Å². The number of hydrogen-bond donors (Lipinski definition) is 2. The highest BCUT2D eigenvalue weighted by Gasteiger charge is 2.19. The lowest BCUT2D eigenvalue weighted by atomic mass is 10.1. The van der Waals surface area contributed by atoms with Gasteiger partial charge in [0.05, 0.1) is 0 Å². The third-order valence-corrected chi connectivity index (χ3v) is 3.48. The standard InChI is InChI=1S/C15H24N2/c1-3-13(4-2)17-15-7-5-12(6-8-15)11-16-14-9-10-14/h5-8,13-14,16-17H,3-4,9-11H2,1-2H3. The summed E-state index contributed by atoms with van der Waals surface area (Å²) >= 11 is 0. The fourth-order valence-corrected chi connectivity index (χ4v) is 2.00. The van der Waals surface area contributed by atoms with Crippen molar-refractivity contribution < 1.29 is 0 Å². The van der Waals surface area contributed by atoms with Crippen molar-refractivity contribution in [1.29, 1.82) is 0 Å². The second-order valence-electron chi connectivity index (χ2n) is 5.01. The summed E-state index contributed by atoms with van der Waals surface area (Å²) in [4.78, 5) is 0. The number of rotatable bonds is 7. The molecule has 0 amide bonds. The van der Waals surface area contributed by atoms with E-state index in [9.17, 15) is 0 Å². The Bertz CT molecular complexity index is 323. The van der Waals surface area contributed by atoms with Gasteiger partial charge in [-0.05, 0) is 43.4 Å². The zero-order valence-corrected chi connectivity index (χ0v) is 11.0. The van der Waals surface area contributed by atoms with Crippen molar-refractivity contribution in [3.8, 4) is 0 Å². The molecule has 2 nitrogen and oxygen atoms in total. The lowest BCUT2D eigenvalue weighted by molar-refractivity contribution is 0.671. The smallest absolute Gasteiger partial charge is 0.0342 e. The molecule has 0 bridgehead atoms. The lowest BCUT2D eigenvalue weighted by Crippen LogP contribution is -2.17. The molecular weight excluding hydrogens is 208 g/mol. The molecule has 2 heteroatoms. The second kappa shape index (κ2) is 6.06. The van der Waals surface area contributed by atoms with E-state index >= 15 is 0 Å². The molecule has 1 aromatic carbocycles. The number of hydrogen-bond acceptors (Lipinski definition) is 2. The molecule has 1 saturated carbocycles. The van der Waals surface area contributed by atoms with E-state index in [1.54, 1.807) is 0 Å². The van der Waals surface area contributed by atoms with E-state index in [4.69, 9.17) is 0 Å². The van der Waals surface area contributed by atoms with Crippen LogP contribution in [-0.2, 0) is 6.54 Å². The van der Waals surface area contributed by atoms with Gasteiger partial charge < -0.3 is 10.6 Å². The molecule has 0 saturated heterocycles. The summed E-state index contributed by atoms with van der Waals surface area (Å²) in [7, 11) is 0. The van der Waals surface area contributed by atoms with Gasteiger partial charge in [-0.15, -0.1) is 0 Å². The number of nitrogens with one attached hydrogen (secondary N) is 2. The first-order chi connectivity index (χ1) is 8.31. The molecule has 0 aliphatic heterocycles. The maximum Gasteiger partial charge on any atom is 0.0342 e. The van der Waals surface area contributed by atoms with Crippen LogP contribution in [0.4, 0.5) is 5.69 Å². The Morgan fingerprint density at radius 3 is 2.29 bits per heavy atom. The number of anilines is 1. The molecule has 0 heterocycles. The predicted octanol–water partition coefficient (Wildman–Crippen LogP) is 3.54. The van der Waals surface area contributed by atoms with Crippen LogP contribution in [0.1, 0.15) is 45.1 Å². The molecular formula is C15H24N2. The van der Waals surface area contributed by atoms with Crippen molar-refractivity contribution in [2.75, 3.05) is 5.32 Å². The topological polar surface area (TPSA) is 24.1 Å². The summed E-state index contributed by atoms with van der Waals surface area (Å²) in [6.45, 7) is 5.47. The van der Waals surface area contributed by atoms with Crippen LogP contribution in [0.3, 0.4) is 0 Å². The second-order valence-corrected chi connectivity index (χ2v) is 5.01. The highest BCUT2D eigenvalue weighted by atomic mass is 14.9. The van der Waals surface area contributed by atoms with E-state index in [0.29, 0.717) is 6.04 Å². The van der Waals surface area contributed by atoms with Gasteiger partial charge in [0.25, 0.3) is 0 Å². The van der Waals surface area contributed by atoms with Crippen LogP contribution in [0.15, 0.2) is 24.3 Å². The van der Waals surface area contributed by atoms with Crippen LogP contribution in [0.25, 0.3) is 0 Å². The maximum atomic E-state index is 3.56. The summed E-state index contributed by atoms with van der Waals surface area (Å²) < 4.78 is 0. The first kappa shape index (κ1) is 12.4. The average molecular weight is 232 g/mol. The van der Waals surface area contributed by atoms with Gasteiger partial charge in [-0.2, -0.15) is 0 Å². The molecule has 1 aliphatic rings. The minimum atomic E-state index is 0.602. The Labute approximate surface area is 105 Å². The molecule has 1 aliphatic carbocycles. The normalized spacial score (nSPS) is 15.2. The molecule has 17 heavy (non-hydrogen) atoms. The minimum Gasteiger partial charge on any atom is -0.382 e. The van der Waals surface area contributed by atoms with Crippen molar-refractivity contribution in [2.24, 2.45) is 0 Å². The summed E-state index contributed by atoms with van der Waals surface area (Å²) in [6.07, 6.45) is 5.08. The lowest BCUT2D eigenvalue weighted by Gasteiger charge is -2.16. The van der Waals surface area contributed by atoms with Crippen molar-refractivity contribution in [3.63, 3.8) is 0 Å². The minimum absolute atomic E-state index is 0.602. The molecule has 1 fully saturated rings. The fourth-order valence-electron chi connectivity index (χ4n) is 2.00. The first-order valence-corrected chi connectivity index (χ1v) is 6.90. The van der Waals surface area contributed by atoms with Crippen LogP contribution in [-0.4, -0.2) is 12.1 Å². The van der Waals surface area contributed by atoms with E-state index in [1.807, 2.05) is 0 Å². The van der Waals surface area contributed by atoms with Gasteiger partial charge in [-0.25, -0.2) is 0 Å². The molecule has 2 N–H and O–H groups in total. The third-order valence-electron chi connectivity index (χ3n) is 3.48. The van der Waals surface area contributed by atoms with E-state index in [0.717, 1.165) is 12.6 Å². The van der Waals surface area contributed by atoms with Gasteiger partial charge in [-0.3, -0.25) is 0 Å². The van der Waals surface area contributed by atoms with Crippen molar-refractivity contribution in [3.05, 3.63) is 29.8 Å². The van der Waals surface area contributed by atoms with Gasteiger partial charge in [0.1, 0.15) is 0 Å². The zero-order valence-electron chi connectivity index (χ0n) is 11.0. The van der Waals surface area contributed by atoms with E-state index in [2.05, 4.69) is 48.7 Å². The summed E-state index contributed by atoms with van der Waals surface area (Å²) in [5.41, 5.74) is 2.63. The number of benzene rings is 1. The molecule has 0 spiro atoms. The molecule has 2 rings (SSSR count). The molecule has 0 aromatic heterocycles. The summed E-state index contributed by atoms with van der Waals surface area (Å²) in [5.74, 6) is 0. The van der Waals surface area contributed by atoms with E-state index in [1.165, 1.54) is 36.9 Å². The highest BCUT2D eigenvalue weighted by Crippen LogP contribution is 2.19. The van der Waals surface area contributed by atoms with Crippen LogP contribution >= 0.6 is 0 Å². The average Bonchev–Trinajstić information content (AvgIpc) is 3.19. The highest BCUT2D eigenvalue weighted by molar-refractivity contribution is 5.45. The van der Waals surface area contributed by atoms with Crippen LogP contribution in [0, 0.1) is 0 Å². The largest absolute Gasteiger partial charge is 0.382 e. The SMILES string of the molecule is CCC(CC)Nc1ccc(CNC2CC2)cc1. The Balaban J connectivity index is 1.83. The van der Waals surface area contributed by atoms with Crippen LogP contribution in [0.2, 0.25) is 0 Å². The van der Waals surface area contributed by atoms with Gasteiger partial charge in [0, 0.05) is 24.3 Å². The summed E-state index contributed by atoms with van der Waals surface area (Å²) in [6, 6.07) is 10.2. The van der Waals surface area contributed by atoms with Crippen molar-refractivity contribution in [2.45, 2.75) is 58.2 Å². The third kappa shape index (κ3) is 4.04. The van der Waals surface area contributed by atoms with Crippen LogP contribution in [0.5, 0.6) is 0 Å².